The van der Waals surface area contributed by atoms with E-state index < -0.39 is 39.5 Å². The minimum absolute atomic E-state index is 0.00883. The fourth-order valence-corrected chi connectivity index (χ4v) is 3.98. The van der Waals surface area contributed by atoms with Gasteiger partial charge in [0.05, 0.1) is 17.9 Å². The molecule has 0 radical (unpaired) electrons. The Morgan fingerprint density at radius 3 is 2.53 bits per heavy atom. The van der Waals surface area contributed by atoms with Crippen molar-refractivity contribution in [2.75, 3.05) is 26.1 Å². The monoisotopic (exact) mass is 554 g/mol. The summed E-state index contributed by atoms with van der Waals surface area (Å²) in [4.78, 5) is 15.7. The van der Waals surface area contributed by atoms with E-state index in [0.29, 0.717) is 31.0 Å². The molecule has 1 amide bonds. The van der Waals surface area contributed by atoms with E-state index in [1.54, 1.807) is 0 Å². The second-order valence-electron chi connectivity index (χ2n) is 7.90. The fraction of sp³-hybridized carbons (Fsp3) is 0.455. The Morgan fingerprint density at radius 2 is 1.92 bits per heavy atom. The Bertz CT molecular complexity index is 1140. The van der Waals surface area contributed by atoms with Gasteiger partial charge in [-0.25, -0.2) is 22.9 Å². The second-order valence-corrected chi connectivity index (χ2v) is 10.2. The van der Waals surface area contributed by atoms with Gasteiger partial charge in [0.1, 0.15) is 29.7 Å². The molecule has 0 fully saturated rings. The molecular formula is C22H26ClF3N2O7S. The number of rotatable bonds is 12. The van der Waals surface area contributed by atoms with Gasteiger partial charge in [-0.15, -0.1) is 0 Å². The van der Waals surface area contributed by atoms with Crippen LogP contribution in [0.25, 0.3) is 0 Å². The minimum atomic E-state index is -4.65. The molecule has 14 heteroatoms. The number of hydrogen-bond acceptors (Lipinski definition) is 8. The van der Waals surface area contributed by atoms with Gasteiger partial charge in [-0.1, -0.05) is 25.4 Å². The van der Waals surface area contributed by atoms with E-state index in [4.69, 9.17) is 30.5 Å². The molecular weight excluding hydrogens is 529 g/mol. The Kier molecular flexibility index (Phi) is 10.6. The van der Waals surface area contributed by atoms with E-state index in [-0.39, 0.29) is 35.5 Å². The van der Waals surface area contributed by atoms with Crippen LogP contribution < -0.4 is 14.2 Å². The Labute approximate surface area is 211 Å². The third kappa shape index (κ3) is 9.70. The number of methoxy groups -OCH3 is 1. The molecule has 0 spiro atoms. The zero-order valence-corrected chi connectivity index (χ0v) is 21.3. The zero-order valence-electron chi connectivity index (χ0n) is 19.7. The van der Waals surface area contributed by atoms with Crippen molar-refractivity contribution < 1.29 is 45.3 Å². The average molecular weight is 555 g/mol. The summed E-state index contributed by atoms with van der Waals surface area (Å²) in [5, 5.41) is -0.406. The summed E-state index contributed by atoms with van der Waals surface area (Å²) in [6, 6.07) is 5.05. The number of hydrogen-bond donors (Lipinski definition) is 1. The molecule has 0 unspecified atom stereocenters. The molecule has 36 heavy (non-hydrogen) atoms. The predicted molar refractivity (Wildman–Crippen MR) is 125 cm³/mol. The van der Waals surface area contributed by atoms with Crippen molar-refractivity contribution in [1.82, 2.24) is 9.71 Å². The summed E-state index contributed by atoms with van der Waals surface area (Å²) in [5.74, 6) is -0.142. The van der Waals surface area contributed by atoms with E-state index in [2.05, 4.69) is 4.98 Å². The van der Waals surface area contributed by atoms with Gasteiger partial charge in [0.15, 0.2) is 0 Å². The number of carbonyl (C=O) groups excluding carboxylic acids is 1. The summed E-state index contributed by atoms with van der Waals surface area (Å²) in [7, 11) is -2.40. The number of carbonyl (C=O) groups is 1. The average Bonchev–Trinajstić information content (AvgIpc) is 2.78. The van der Waals surface area contributed by atoms with Crippen LogP contribution in [0.3, 0.4) is 0 Å². The number of nitrogens with zero attached hydrogens (tertiary/aromatic N) is 1. The SMILES string of the molecule is COCCOc1ccc(COC(=O)NS(=O)(=O)CCC(C)C)c(Oc2ncc(C(F)(F)F)cc2Cl)c1. The van der Waals surface area contributed by atoms with Crippen LogP contribution in [0.2, 0.25) is 5.02 Å². The lowest BCUT2D eigenvalue weighted by Gasteiger charge is -2.15. The van der Waals surface area contributed by atoms with Crippen LogP contribution in [-0.2, 0) is 32.3 Å². The van der Waals surface area contributed by atoms with Crippen LogP contribution in [0.15, 0.2) is 30.5 Å². The van der Waals surface area contributed by atoms with Gasteiger partial charge in [0.25, 0.3) is 0 Å². The maximum Gasteiger partial charge on any atom is 0.421 e. The fourth-order valence-electron chi connectivity index (χ4n) is 2.58. The number of sulfonamides is 1. The lowest BCUT2D eigenvalue weighted by Crippen LogP contribution is -2.33. The standard InChI is InChI=1S/C22H26ClF3N2O7S/c1-14(2)6-9-36(30,31)28-21(29)34-13-15-4-5-17(33-8-7-32-3)11-19(15)35-20-18(23)10-16(12-27-20)22(24,25)26/h4-5,10-12,14H,6-9,13H2,1-3H3,(H,28,29). The van der Waals surface area contributed by atoms with Crippen molar-refractivity contribution in [1.29, 1.82) is 0 Å². The highest BCUT2D eigenvalue weighted by molar-refractivity contribution is 7.90. The normalized spacial score (nSPS) is 11.9. The first-order valence-electron chi connectivity index (χ1n) is 10.6. The summed E-state index contributed by atoms with van der Waals surface area (Å²) < 4.78 is 85.6. The number of ether oxygens (including phenoxy) is 4. The summed E-state index contributed by atoms with van der Waals surface area (Å²) in [6.45, 7) is 3.74. The lowest BCUT2D eigenvalue weighted by atomic mass is 10.2. The third-order valence-electron chi connectivity index (χ3n) is 4.50. The quantitative estimate of drug-likeness (QED) is 0.357. The Morgan fingerprint density at radius 1 is 1.19 bits per heavy atom. The second kappa shape index (κ2) is 13.0. The van der Waals surface area contributed by atoms with Gasteiger partial charge in [0.2, 0.25) is 15.9 Å². The first kappa shape index (κ1) is 29.5. The van der Waals surface area contributed by atoms with Crippen LogP contribution in [0, 0.1) is 5.92 Å². The summed E-state index contributed by atoms with van der Waals surface area (Å²) >= 11 is 5.93. The largest absolute Gasteiger partial charge is 0.491 e. The number of pyridine rings is 1. The molecule has 0 atom stereocenters. The van der Waals surface area contributed by atoms with Gasteiger partial charge in [-0.3, -0.25) is 0 Å². The third-order valence-corrected chi connectivity index (χ3v) is 6.02. The van der Waals surface area contributed by atoms with Crippen molar-refractivity contribution in [2.24, 2.45) is 5.92 Å². The van der Waals surface area contributed by atoms with Crippen LogP contribution in [0.1, 0.15) is 31.4 Å². The minimum Gasteiger partial charge on any atom is -0.491 e. The molecule has 1 aromatic carbocycles. The van der Waals surface area contributed by atoms with Crippen molar-refractivity contribution >= 4 is 27.7 Å². The smallest absolute Gasteiger partial charge is 0.421 e. The van der Waals surface area contributed by atoms with E-state index in [1.807, 2.05) is 18.6 Å². The molecule has 1 N–H and O–H groups in total. The van der Waals surface area contributed by atoms with E-state index >= 15 is 0 Å². The van der Waals surface area contributed by atoms with Gasteiger partial charge in [-0.05, 0) is 30.5 Å². The number of benzene rings is 1. The lowest BCUT2D eigenvalue weighted by molar-refractivity contribution is -0.137. The molecule has 2 rings (SSSR count). The highest BCUT2D eigenvalue weighted by Crippen LogP contribution is 2.36. The molecule has 200 valence electrons. The maximum absolute atomic E-state index is 12.9. The first-order valence-corrected chi connectivity index (χ1v) is 12.7. The topological polar surface area (TPSA) is 113 Å². The maximum atomic E-state index is 12.9. The molecule has 0 saturated heterocycles. The molecule has 0 aliphatic carbocycles. The highest BCUT2D eigenvalue weighted by Gasteiger charge is 2.32. The van der Waals surface area contributed by atoms with Crippen molar-refractivity contribution in [3.05, 3.63) is 46.6 Å². The van der Waals surface area contributed by atoms with Crippen molar-refractivity contribution in [3.63, 3.8) is 0 Å². The van der Waals surface area contributed by atoms with Gasteiger partial charge in [-0.2, -0.15) is 13.2 Å². The number of aromatic nitrogens is 1. The molecule has 9 nitrogen and oxygen atoms in total. The molecule has 1 aromatic heterocycles. The van der Waals surface area contributed by atoms with Gasteiger partial charge in [0, 0.05) is 24.9 Å². The highest BCUT2D eigenvalue weighted by atomic mass is 35.5. The molecule has 1 heterocycles. The molecule has 2 aromatic rings. The number of amides is 1. The Hall–Kier alpha value is -2.77. The zero-order chi connectivity index (χ0) is 26.9. The van der Waals surface area contributed by atoms with Crippen LogP contribution in [-0.4, -0.2) is 45.6 Å². The molecule has 0 aliphatic rings. The van der Waals surface area contributed by atoms with Crippen LogP contribution in [0.5, 0.6) is 17.4 Å². The van der Waals surface area contributed by atoms with Gasteiger partial charge < -0.3 is 18.9 Å². The van der Waals surface area contributed by atoms with E-state index in [0.717, 1.165) is 0 Å². The first-order chi connectivity index (χ1) is 16.8. The molecule has 0 saturated carbocycles. The summed E-state index contributed by atoms with van der Waals surface area (Å²) in [6.07, 6.45) is -4.93. The molecule has 0 aliphatic heterocycles. The van der Waals surface area contributed by atoms with Crippen LogP contribution >= 0.6 is 11.6 Å². The van der Waals surface area contributed by atoms with Crippen LogP contribution in [0.4, 0.5) is 18.0 Å². The Balaban J connectivity index is 2.21. The van der Waals surface area contributed by atoms with E-state index in [1.165, 1.54) is 25.3 Å². The van der Waals surface area contributed by atoms with Crippen molar-refractivity contribution in [2.45, 2.75) is 33.1 Å². The van der Waals surface area contributed by atoms with Gasteiger partial charge >= 0.3 is 12.3 Å². The number of nitrogens with one attached hydrogen (secondary N) is 1. The van der Waals surface area contributed by atoms with Crippen molar-refractivity contribution in [3.8, 4) is 17.4 Å². The number of alkyl halides is 3. The summed E-state index contributed by atoms with van der Waals surface area (Å²) in [5.41, 5.74) is -0.822. The number of halogens is 4. The predicted octanol–water partition coefficient (Wildman–Crippen LogP) is 5.17. The van der Waals surface area contributed by atoms with E-state index in [9.17, 15) is 26.4 Å². The molecule has 0 bridgehead atoms.